The summed E-state index contributed by atoms with van der Waals surface area (Å²) in [6.45, 7) is 4.70. The molecule has 0 saturated heterocycles. The standard InChI is InChI=1S/C16H22N2/c1-12-8-9-15(10-13(12)2)18(3)16-7-5-4-6-14(16)11-17/h4-7,12-13,15H,8-10H2,1-3H3. The van der Waals surface area contributed by atoms with E-state index >= 15 is 0 Å². The molecule has 2 nitrogen and oxygen atoms in total. The van der Waals surface area contributed by atoms with Crippen LogP contribution in [0.3, 0.4) is 0 Å². The first-order valence-corrected chi connectivity index (χ1v) is 6.85. The summed E-state index contributed by atoms with van der Waals surface area (Å²) < 4.78 is 0. The van der Waals surface area contributed by atoms with Gasteiger partial charge in [-0.2, -0.15) is 5.26 Å². The van der Waals surface area contributed by atoms with Crippen molar-refractivity contribution in [2.24, 2.45) is 11.8 Å². The normalized spacial score (nSPS) is 27.6. The smallest absolute Gasteiger partial charge is 0.101 e. The molecule has 1 saturated carbocycles. The van der Waals surface area contributed by atoms with Gasteiger partial charge < -0.3 is 4.90 Å². The molecule has 3 atom stereocenters. The van der Waals surface area contributed by atoms with Crippen molar-refractivity contribution >= 4 is 5.69 Å². The first kappa shape index (κ1) is 13.0. The molecule has 18 heavy (non-hydrogen) atoms. The summed E-state index contributed by atoms with van der Waals surface area (Å²) in [5, 5.41) is 9.18. The molecule has 96 valence electrons. The minimum atomic E-state index is 0.575. The largest absolute Gasteiger partial charge is 0.371 e. The Balaban J connectivity index is 2.17. The molecular formula is C16H22N2. The number of nitriles is 1. The van der Waals surface area contributed by atoms with E-state index < -0.39 is 0 Å². The molecule has 1 fully saturated rings. The lowest BCUT2D eigenvalue weighted by molar-refractivity contribution is 0.247. The molecule has 0 radical (unpaired) electrons. The van der Waals surface area contributed by atoms with Crippen LogP contribution in [0.4, 0.5) is 5.69 Å². The Labute approximate surface area is 110 Å². The van der Waals surface area contributed by atoms with E-state index in [2.05, 4.69) is 37.9 Å². The lowest BCUT2D eigenvalue weighted by Gasteiger charge is -2.38. The summed E-state index contributed by atoms with van der Waals surface area (Å²) >= 11 is 0. The van der Waals surface area contributed by atoms with Crippen molar-refractivity contribution in [1.29, 1.82) is 5.26 Å². The van der Waals surface area contributed by atoms with Crippen LogP contribution in [0.2, 0.25) is 0 Å². The highest BCUT2D eigenvalue weighted by Crippen LogP contribution is 2.34. The molecule has 2 heteroatoms. The summed E-state index contributed by atoms with van der Waals surface area (Å²) in [6.07, 6.45) is 3.77. The van der Waals surface area contributed by atoms with Gasteiger partial charge in [-0.15, -0.1) is 0 Å². The molecule has 0 bridgehead atoms. The third-order valence-electron chi connectivity index (χ3n) is 4.52. The Morgan fingerprint density at radius 3 is 2.56 bits per heavy atom. The third kappa shape index (κ3) is 2.51. The average molecular weight is 242 g/mol. The highest BCUT2D eigenvalue weighted by Gasteiger charge is 2.27. The van der Waals surface area contributed by atoms with E-state index in [9.17, 15) is 5.26 Å². The highest BCUT2D eigenvalue weighted by atomic mass is 15.1. The molecule has 1 aliphatic rings. The van der Waals surface area contributed by atoms with Gasteiger partial charge in [0.1, 0.15) is 6.07 Å². The van der Waals surface area contributed by atoms with E-state index in [0.29, 0.717) is 6.04 Å². The van der Waals surface area contributed by atoms with Gasteiger partial charge in [0.15, 0.2) is 0 Å². The van der Waals surface area contributed by atoms with Gasteiger partial charge in [0.25, 0.3) is 0 Å². The molecule has 0 N–H and O–H groups in total. The average Bonchev–Trinajstić information content (AvgIpc) is 2.41. The van der Waals surface area contributed by atoms with E-state index in [4.69, 9.17) is 0 Å². The predicted octanol–water partition coefficient (Wildman–Crippen LogP) is 3.82. The van der Waals surface area contributed by atoms with Gasteiger partial charge in [-0.3, -0.25) is 0 Å². The summed E-state index contributed by atoms with van der Waals surface area (Å²) in [5.41, 5.74) is 1.86. The van der Waals surface area contributed by atoms with Gasteiger partial charge >= 0.3 is 0 Å². The molecular weight excluding hydrogens is 220 g/mol. The van der Waals surface area contributed by atoms with Crippen molar-refractivity contribution in [1.82, 2.24) is 0 Å². The highest BCUT2D eigenvalue weighted by molar-refractivity contribution is 5.59. The van der Waals surface area contributed by atoms with Crippen LogP contribution in [0.1, 0.15) is 38.7 Å². The quantitative estimate of drug-likeness (QED) is 0.788. The van der Waals surface area contributed by atoms with E-state index in [0.717, 1.165) is 23.1 Å². The maximum atomic E-state index is 9.18. The van der Waals surface area contributed by atoms with Crippen molar-refractivity contribution in [3.05, 3.63) is 29.8 Å². The Hall–Kier alpha value is -1.49. The zero-order valence-electron chi connectivity index (χ0n) is 11.6. The second kappa shape index (κ2) is 5.44. The molecule has 0 aromatic heterocycles. The van der Waals surface area contributed by atoms with Gasteiger partial charge in [-0.05, 0) is 43.2 Å². The van der Waals surface area contributed by atoms with Crippen molar-refractivity contribution in [3.8, 4) is 6.07 Å². The predicted molar refractivity (Wildman–Crippen MR) is 75.5 cm³/mol. The number of anilines is 1. The van der Waals surface area contributed by atoms with Crippen molar-refractivity contribution < 1.29 is 0 Å². The van der Waals surface area contributed by atoms with Crippen molar-refractivity contribution in [3.63, 3.8) is 0 Å². The Bertz CT molecular complexity index is 447. The molecule has 3 unspecified atom stereocenters. The first-order chi connectivity index (χ1) is 8.63. The zero-order chi connectivity index (χ0) is 13.1. The zero-order valence-corrected chi connectivity index (χ0v) is 11.6. The van der Waals surface area contributed by atoms with Crippen molar-refractivity contribution in [2.75, 3.05) is 11.9 Å². The lowest BCUT2D eigenvalue weighted by Crippen LogP contribution is -2.38. The molecule has 0 heterocycles. The topological polar surface area (TPSA) is 27.0 Å². The van der Waals surface area contributed by atoms with Crippen LogP contribution in [-0.4, -0.2) is 13.1 Å². The molecule has 0 spiro atoms. The summed E-state index contributed by atoms with van der Waals surface area (Å²) in [6, 6.07) is 10.8. The van der Waals surface area contributed by atoms with Crippen LogP contribution in [0.15, 0.2) is 24.3 Å². The molecule has 0 aliphatic heterocycles. The number of nitrogens with zero attached hydrogens (tertiary/aromatic N) is 2. The van der Waals surface area contributed by atoms with E-state index in [1.54, 1.807) is 0 Å². The van der Waals surface area contributed by atoms with Crippen LogP contribution in [0.5, 0.6) is 0 Å². The minimum Gasteiger partial charge on any atom is -0.371 e. The fraction of sp³-hybridized carbons (Fsp3) is 0.562. The molecule has 1 aliphatic carbocycles. The van der Waals surface area contributed by atoms with Crippen molar-refractivity contribution in [2.45, 2.75) is 39.2 Å². The van der Waals surface area contributed by atoms with Crippen LogP contribution < -0.4 is 4.90 Å². The third-order valence-corrected chi connectivity index (χ3v) is 4.52. The lowest BCUT2D eigenvalue weighted by atomic mass is 9.78. The Morgan fingerprint density at radius 1 is 1.17 bits per heavy atom. The summed E-state index contributed by atoms with van der Waals surface area (Å²) in [4.78, 5) is 2.31. The maximum absolute atomic E-state index is 9.18. The Kier molecular flexibility index (Phi) is 3.91. The molecule has 0 amide bonds. The van der Waals surface area contributed by atoms with Crippen LogP contribution in [-0.2, 0) is 0 Å². The number of rotatable bonds is 2. The van der Waals surface area contributed by atoms with Gasteiger partial charge in [-0.25, -0.2) is 0 Å². The van der Waals surface area contributed by atoms with Crippen LogP contribution in [0.25, 0.3) is 0 Å². The van der Waals surface area contributed by atoms with Gasteiger partial charge in [0.05, 0.1) is 11.3 Å². The summed E-state index contributed by atoms with van der Waals surface area (Å²) in [7, 11) is 2.13. The van der Waals surface area contributed by atoms with Crippen LogP contribution >= 0.6 is 0 Å². The molecule has 1 aromatic carbocycles. The second-order valence-electron chi connectivity index (χ2n) is 5.66. The fourth-order valence-electron chi connectivity index (χ4n) is 2.94. The van der Waals surface area contributed by atoms with Gasteiger partial charge in [0, 0.05) is 13.1 Å². The molecule has 2 rings (SSSR count). The number of hydrogen-bond donors (Lipinski definition) is 0. The Morgan fingerprint density at radius 2 is 1.89 bits per heavy atom. The first-order valence-electron chi connectivity index (χ1n) is 6.85. The maximum Gasteiger partial charge on any atom is 0.101 e. The van der Waals surface area contributed by atoms with Gasteiger partial charge in [0.2, 0.25) is 0 Å². The van der Waals surface area contributed by atoms with E-state index in [1.807, 2.05) is 18.2 Å². The van der Waals surface area contributed by atoms with E-state index in [-0.39, 0.29) is 0 Å². The summed E-state index contributed by atoms with van der Waals surface area (Å²) in [5.74, 6) is 1.61. The molecule has 1 aromatic rings. The van der Waals surface area contributed by atoms with Crippen LogP contribution in [0, 0.1) is 23.2 Å². The minimum absolute atomic E-state index is 0.575. The number of para-hydroxylation sites is 1. The second-order valence-corrected chi connectivity index (χ2v) is 5.66. The monoisotopic (exact) mass is 242 g/mol. The van der Waals surface area contributed by atoms with E-state index in [1.165, 1.54) is 19.3 Å². The number of hydrogen-bond acceptors (Lipinski definition) is 2. The number of benzene rings is 1. The van der Waals surface area contributed by atoms with Gasteiger partial charge in [-0.1, -0.05) is 26.0 Å². The SMILES string of the molecule is CC1CCC(N(C)c2ccccc2C#N)CC1C. The fourth-order valence-corrected chi connectivity index (χ4v) is 2.94.